The standard InChI is InChI=1S/C28H23Cl2N5O5/c1-38-22-7-4-14(8-17(22)27(36)37)26-32-28(34-40-26)35-11-18-15(19(18)12-35)5-6-16-24(33-39-25(16)13-2-3-13)23-20(29)9-31-10-21(23)30/h4-10,13,15,18-19H,2-3,11-12H2,1H3,(H,36,37)/b6-5+. The normalized spacial score (nSPS) is 21.7. The summed E-state index contributed by atoms with van der Waals surface area (Å²) in [5.74, 6) is 2.55. The Balaban J connectivity index is 1.06. The lowest BCUT2D eigenvalue weighted by Crippen LogP contribution is -2.24. The minimum Gasteiger partial charge on any atom is -0.496 e. The van der Waals surface area contributed by atoms with Gasteiger partial charge in [-0.2, -0.15) is 4.98 Å². The van der Waals surface area contributed by atoms with Crippen molar-refractivity contribution in [2.45, 2.75) is 18.8 Å². The lowest BCUT2D eigenvalue weighted by Gasteiger charge is -2.15. The summed E-state index contributed by atoms with van der Waals surface area (Å²) in [6.45, 7) is 1.60. The van der Waals surface area contributed by atoms with E-state index < -0.39 is 5.97 Å². The molecule has 1 aromatic carbocycles. The SMILES string of the molecule is COc1ccc(-c2nc(N3CC4C(/C=C/c5c(-c6c(Cl)cncc6Cl)noc5C5CC5)C4C3)no2)cc1C(=O)O. The van der Waals surface area contributed by atoms with Crippen molar-refractivity contribution in [1.29, 1.82) is 0 Å². The van der Waals surface area contributed by atoms with Gasteiger partial charge in [0.1, 0.15) is 22.8 Å². The van der Waals surface area contributed by atoms with Crippen LogP contribution in [-0.4, -0.2) is 51.6 Å². The van der Waals surface area contributed by atoms with Crippen molar-refractivity contribution in [2.24, 2.45) is 17.8 Å². The van der Waals surface area contributed by atoms with Crippen molar-refractivity contribution in [3.8, 4) is 28.5 Å². The Morgan fingerprint density at radius 2 is 1.88 bits per heavy atom. The number of nitrogens with zero attached hydrogens (tertiary/aromatic N) is 5. The summed E-state index contributed by atoms with van der Waals surface area (Å²) in [6, 6.07) is 4.75. The predicted molar refractivity (Wildman–Crippen MR) is 147 cm³/mol. The molecule has 2 saturated carbocycles. The summed E-state index contributed by atoms with van der Waals surface area (Å²) >= 11 is 12.9. The van der Waals surface area contributed by atoms with Crippen LogP contribution in [0.3, 0.4) is 0 Å². The van der Waals surface area contributed by atoms with Gasteiger partial charge in [-0.05, 0) is 54.0 Å². The van der Waals surface area contributed by atoms with E-state index in [2.05, 4.69) is 37.3 Å². The molecule has 0 spiro atoms. The van der Waals surface area contributed by atoms with Crippen LogP contribution < -0.4 is 9.64 Å². The van der Waals surface area contributed by atoms with E-state index in [-0.39, 0.29) is 17.2 Å². The second-order valence-electron chi connectivity index (χ2n) is 10.4. The number of rotatable bonds is 8. The largest absolute Gasteiger partial charge is 0.496 e. The van der Waals surface area contributed by atoms with Gasteiger partial charge in [0.25, 0.3) is 11.8 Å². The van der Waals surface area contributed by atoms with E-state index in [1.807, 2.05) is 0 Å². The summed E-state index contributed by atoms with van der Waals surface area (Å²) < 4.78 is 16.4. The molecule has 3 fully saturated rings. The molecule has 0 amide bonds. The van der Waals surface area contributed by atoms with Crippen LogP contribution in [-0.2, 0) is 0 Å². The zero-order valence-corrected chi connectivity index (χ0v) is 22.8. The van der Waals surface area contributed by atoms with Gasteiger partial charge < -0.3 is 23.8 Å². The minimum absolute atomic E-state index is 0.0334. The van der Waals surface area contributed by atoms with E-state index in [9.17, 15) is 9.90 Å². The molecule has 0 bridgehead atoms. The third-order valence-corrected chi connectivity index (χ3v) is 8.49. The minimum atomic E-state index is -1.09. The van der Waals surface area contributed by atoms with Crippen LogP contribution in [0.2, 0.25) is 10.0 Å². The average molecular weight is 580 g/mol. The summed E-state index contributed by atoms with van der Waals surface area (Å²) in [5.41, 5.74) is 2.77. The van der Waals surface area contributed by atoms with Crippen molar-refractivity contribution in [3.05, 3.63) is 63.6 Å². The fourth-order valence-corrected chi connectivity index (χ4v) is 6.17. The van der Waals surface area contributed by atoms with E-state index in [0.717, 1.165) is 37.3 Å². The zero-order chi connectivity index (χ0) is 27.5. The Bertz CT molecular complexity index is 1630. The van der Waals surface area contributed by atoms with Gasteiger partial charge in [0.2, 0.25) is 0 Å². The molecular formula is C28H23Cl2N5O5. The second kappa shape index (κ2) is 9.64. The smallest absolute Gasteiger partial charge is 0.339 e. The fraction of sp³-hybridized carbons (Fsp3) is 0.321. The van der Waals surface area contributed by atoms with Crippen LogP contribution in [0.15, 0.2) is 45.7 Å². The van der Waals surface area contributed by atoms with E-state index in [1.165, 1.54) is 13.2 Å². The number of ether oxygens (including phenoxy) is 1. The molecule has 2 aliphatic carbocycles. The summed E-state index contributed by atoms with van der Waals surface area (Å²) in [5, 5.41) is 18.8. The first-order valence-electron chi connectivity index (χ1n) is 12.9. The number of carboxylic acids is 1. The Hall–Kier alpha value is -3.89. The molecule has 0 radical (unpaired) electrons. The Morgan fingerprint density at radius 3 is 2.55 bits per heavy atom. The highest BCUT2D eigenvalue weighted by molar-refractivity contribution is 6.39. The Morgan fingerprint density at radius 1 is 1.12 bits per heavy atom. The van der Waals surface area contributed by atoms with Crippen LogP contribution in [0.25, 0.3) is 28.8 Å². The van der Waals surface area contributed by atoms with Crippen LogP contribution in [0.4, 0.5) is 5.95 Å². The molecule has 4 heterocycles. The van der Waals surface area contributed by atoms with Gasteiger partial charge in [0.05, 0.1) is 17.2 Å². The van der Waals surface area contributed by atoms with Gasteiger partial charge in [0, 0.05) is 48.1 Å². The molecule has 10 nitrogen and oxygen atoms in total. The van der Waals surface area contributed by atoms with Crippen molar-refractivity contribution in [2.75, 3.05) is 25.1 Å². The Labute approximate surface area is 238 Å². The van der Waals surface area contributed by atoms with Gasteiger partial charge in [-0.15, -0.1) is 0 Å². The number of aromatic carboxylic acids is 1. The van der Waals surface area contributed by atoms with Gasteiger partial charge in [0.15, 0.2) is 0 Å². The summed E-state index contributed by atoms with van der Waals surface area (Å²) in [4.78, 5) is 22.3. The molecule has 12 heteroatoms. The number of piperidine rings is 1. The van der Waals surface area contributed by atoms with Gasteiger partial charge in [-0.25, -0.2) is 4.79 Å². The van der Waals surface area contributed by atoms with Crippen LogP contribution in [0, 0.1) is 17.8 Å². The second-order valence-corrected chi connectivity index (χ2v) is 11.2. The number of benzene rings is 1. The summed E-state index contributed by atoms with van der Waals surface area (Å²) in [6.07, 6.45) is 9.63. The first kappa shape index (κ1) is 25.1. The molecule has 2 atom stereocenters. The van der Waals surface area contributed by atoms with Crippen molar-refractivity contribution in [1.82, 2.24) is 20.3 Å². The van der Waals surface area contributed by atoms with Gasteiger partial charge in [-0.1, -0.05) is 40.5 Å². The van der Waals surface area contributed by atoms with Crippen molar-refractivity contribution < 1.29 is 23.7 Å². The van der Waals surface area contributed by atoms with Gasteiger partial charge in [-0.3, -0.25) is 4.98 Å². The Kier molecular flexibility index (Phi) is 6.05. The van der Waals surface area contributed by atoms with Gasteiger partial charge >= 0.3 is 5.97 Å². The number of methoxy groups -OCH3 is 1. The van der Waals surface area contributed by atoms with Crippen LogP contribution in [0.1, 0.15) is 40.4 Å². The van der Waals surface area contributed by atoms with Crippen LogP contribution in [0.5, 0.6) is 5.75 Å². The third-order valence-electron chi connectivity index (χ3n) is 7.91. The molecular weight excluding hydrogens is 557 g/mol. The molecule has 204 valence electrons. The fourth-order valence-electron chi connectivity index (χ4n) is 5.63. The number of anilines is 1. The van der Waals surface area contributed by atoms with E-state index in [4.69, 9.17) is 37.0 Å². The first-order valence-corrected chi connectivity index (χ1v) is 13.7. The third kappa shape index (κ3) is 4.31. The molecule has 3 aliphatic rings. The molecule has 1 N–H and O–H groups in total. The monoisotopic (exact) mass is 579 g/mol. The van der Waals surface area contributed by atoms with E-state index in [1.54, 1.807) is 24.5 Å². The molecule has 2 unspecified atom stereocenters. The number of pyridine rings is 1. The van der Waals surface area contributed by atoms with E-state index in [0.29, 0.717) is 56.5 Å². The number of aromatic nitrogens is 4. The molecule has 4 aromatic rings. The quantitative estimate of drug-likeness (QED) is 0.262. The molecule has 40 heavy (non-hydrogen) atoms. The zero-order valence-electron chi connectivity index (χ0n) is 21.3. The number of halogens is 2. The highest BCUT2D eigenvalue weighted by Crippen LogP contribution is 2.54. The number of allylic oxidation sites excluding steroid dienone is 1. The maximum absolute atomic E-state index is 11.6. The highest BCUT2D eigenvalue weighted by Gasteiger charge is 2.55. The number of carboxylic acid groups (broad SMARTS) is 1. The lowest BCUT2D eigenvalue weighted by molar-refractivity contribution is 0.0693. The predicted octanol–water partition coefficient (Wildman–Crippen LogP) is 6.07. The summed E-state index contributed by atoms with van der Waals surface area (Å²) in [7, 11) is 1.43. The molecule has 7 rings (SSSR count). The number of hydrogen-bond donors (Lipinski definition) is 1. The molecule has 1 aliphatic heterocycles. The highest BCUT2D eigenvalue weighted by atomic mass is 35.5. The van der Waals surface area contributed by atoms with E-state index >= 15 is 0 Å². The number of carbonyl (C=O) groups is 1. The maximum atomic E-state index is 11.6. The average Bonchev–Trinajstić information content (AvgIpc) is 3.68. The maximum Gasteiger partial charge on any atom is 0.339 e. The first-order chi connectivity index (χ1) is 19.4. The van der Waals surface area contributed by atoms with Crippen molar-refractivity contribution in [3.63, 3.8) is 0 Å². The number of hydrogen-bond acceptors (Lipinski definition) is 9. The van der Waals surface area contributed by atoms with Crippen molar-refractivity contribution >= 4 is 41.2 Å². The van der Waals surface area contributed by atoms with Crippen LogP contribution >= 0.6 is 23.2 Å². The molecule has 1 saturated heterocycles. The lowest BCUT2D eigenvalue weighted by atomic mass is 10.0. The topological polar surface area (TPSA) is 128 Å². The molecule has 3 aromatic heterocycles. The number of fused-ring (bicyclic) bond motifs is 1.